The Morgan fingerprint density at radius 2 is 1.81 bits per heavy atom. The minimum atomic E-state index is -0.339. The summed E-state index contributed by atoms with van der Waals surface area (Å²) < 4.78 is 15.6. The van der Waals surface area contributed by atoms with Crippen LogP contribution in [0.2, 0.25) is 5.02 Å². The number of methoxy groups -OCH3 is 3. The van der Waals surface area contributed by atoms with Gasteiger partial charge in [-0.1, -0.05) is 11.6 Å². The van der Waals surface area contributed by atoms with Crippen LogP contribution in [0.1, 0.15) is 10.4 Å². The molecule has 0 spiro atoms. The number of carbonyl (C=O) groups excluding carboxylic acids is 1. The fraction of sp³-hybridized carbons (Fsp3) is 0.158. The Labute approximate surface area is 165 Å². The highest BCUT2D eigenvalue weighted by molar-refractivity contribution is 7.14. The Bertz CT molecular complexity index is 957. The second-order valence-corrected chi connectivity index (χ2v) is 6.68. The number of ether oxygens (including phenoxy) is 3. The van der Waals surface area contributed by atoms with Crippen LogP contribution in [0.5, 0.6) is 17.2 Å². The summed E-state index contributed by atoms with van der Waals surface area (Å²) in [4.78, 5) is 17.0. The second kappa shape index (κ2) is 8.28. The summed E-state index contributed by atoms with van der Waals surface area (Å²) >= 11 is 7.50. The number of carbonyl (C=O) groups is 1. The molecule has 0 aliphatic carbocycles. The Kier molecular flexibility index (Phi) is 5.83. The highest BCUT2D eigenvalue weighted by Gasteiger charge is 2.16. The van der Waals surface area contributed by atoms with E-state index in [0.717, 1.165) is 17.0 Å². The predicted octanol–water partition coefficient (Wildman–Crippen LogP) is 4.74. The number of rotatable bonds is 6. The monoisotopic (exact) mass is 404 g/mol. The van der Waals surface area contributed by atoms with Crippen LogP contribution in [-0.4, -0.2) is 32.2 Å². The van der Waals surface area contributed by atoms with Crippen molar-refractivity contribution in [2.45, 2.75) is 0 Å². The first-order valence-electron chi connectivity index (χ1n) is 7.88. The maximum Gasteiger partial charge on any atom is 0.257 e. The Balaban J connectivity index is 1.79. The van der Waals surface area contributed by atoms with Gasteiger partial charge in [0, 0.05) is 16.5 Å². The third-order valence-corrected chi connectivity index (χ3v) is 4.84. The molecule has 0 saturated carbocycles. The summed E-state index contributed by atoms with van der Waals surface area (Å²) in [5.41, 5.74) is 2.05. The summed E-state index contributed by atoms with van der Waals surface area (Å²) in [5, 5.41) is 5.42. The first-order chi connectivity index (χ1) is 13.0. The van der Waals surface area contributed by atoms with Crippen LogP contribution in [0.4, 0.5) is 5.13 Å². The lowest BCUT2D eigenvalue weighted by atomic mass is 10.2. The fourth-order valence-electron chi connectivity index (χ4n) is 2.44. The molecule has 0 aliphatic heterocycles. The molecule has 0 aliphatic rings. The largest absolute Gasteiger partial charge is 0.497 e. The molecule has 0 radical (unpaired) electrons. The molecule has 1 heterocycles. The third-order valence-electron chi connectivity index (χ3n) is 3.81. The van der Waals surface area contributed by atoms with Gasteiger partial charge in [0.05, 0.1) is 32.0 Å². The van der Waals surface area contributed by atoms with Crippen LogP contribution in [0, 0.1) is 0 Å². The van der Waals surface area contributed by atoms with Gasteiger partial charge in [-0.25, -0.2) is 4.98 Å². The number of anilines is 1. The van der Waals surface area contributed by atoms with Gasteiger partial charge in [-0.3, -0.25) is 10.1 Å². The van der Waals surface area contributed by atoms with E-state index < -0.39 is 0 Å². The number of nitrogens with zero attached hydrogens (tertiary/aromatic N) is 1. The minimum absolute atomic E-state index is 0.292. The van der Waals surface area contributed by atoms with E-state index in [9.17, 15) is 4.79 Å². The molecule has 0 fully saturated rings. The van der Waals surface area contributed by atoms with Gasteiger partial charge in [-0.05, 0) is 36.4 Å². The number of aromatic nitrogens is 1. The Morgan fingerprint density at radius 3 is 2.44 bits per heavy atom. The molecule has 0 saturated heterocycles. The van der Waals surface area contributed by atoms with E-state index in [0.29, 0.717) is 27.2 Å². The van der Waals surface area contributed by atoms with Crippen molar-refractivity contribution in [3.05, 3.63) is 52.4 Å². The lowest BCUT2D eigenvalue weighted by Gasteiger charge is -2.11. The molecule has 0 bridgehead atoms. The van der Waals surface area contributed by atoms with E-state index in [1.807, 2.05) is 29.6 Å². The number of hydrogen-bond donors (Lipinski definition) is 1. The van der Waals surface area contributed by atoms with Gasteiger partial charge < -0.3 is 14.2 Å². The number of amides is 1. The van der Waals surface area contributed by atoms with Crippen molar-refractivity contribution in [2.75, 3.05) is 26.6 Å². The average Bonchev–Trinajstić information content (AvgIpc) is 3.15. The maximum absolute atomic E-state index is 12.5. The van der Waals surface area contributed by atoms with Gasteiger partial charge in [0.2, 0.25) is 0 Å². The Hall–Kier alpha value is -2.77. The molecule has 140 valence electrons. The molecular weight excluding hydrogens is 388 g/mol. The molecular formula is C19H17ClN2O4S. The SMILES string of the molecule is COc1ccc(-c2csc(NC(=O)c3cc(Cl)c(OC)c(OC)c3)n2)cc1. The van der Waals surface area contributed by atoms with Crippen LogP contribution in [0.3, 0.4) is 0 Å². The van der Waals surface area contributed by atoms with Gasteiger partial charge in [-0.15, -0.1) is 11.3 Å². The highest BCUT2D eigenvalue weighted by Crippen LogP contribution is 2.36. The van der Waals surface area contributed by atoms with Crippen LogP contribution < -0.4 is 19.5 Å². The van der Waals surface area contributed by atoms with Gasteiger partial charge >= 0.3 is 0 Å². The fourth-order valence-corrected chi connectivity index (χ4v) is 3.45. The van der Waals surface area contributed by atoms with Crippen molar-refractivity contribution in [3.63, 3.8) is 0 Å². The number of halogens is 1. The predicted molar refractivity (Wildman–Crippen MR) is 107 cm³/mol. The molecule has 0 unspecified atom stereocenters. The van der Waals surface area contributed by atoms with Gasteiger partial charge in [0.25, 0.3) is 5.91 Å². The normalized spacial score (nSPS) is 10.4. The van der Waals surface area contributed by atoms with E-state index in [2.05, 4.69) is 10.3 Å². The van der Waals surface area contributed by atoms with Crippen molar-refractivity contribution in [2.24, 2.45) is 0 Å². The second-order valence-electron chi connectivity index (χ2n) is 5.41. The van der Waals surface area contributed by atoms with Crippen molar-refractivity contribution in [1.82, 2.24) is 4.98 Å². The van der Waals surface area contributed by atoms with E-state index in [1.165, 1.54) is 31.6 Å². The van der Waals surface area contributed by atoms with Crippen molar-refractivity contribution >= 4 is 34.0 Å². The molecule has 0 atom stereocenters. The number of benzene rings is 2. The molecule has 1 amide bonds. The molecule has 6 nitrogen and oxygen atoms in total. The van der Waals surface area contributed by atoms with Crippen molar-refractivity contribution in [1.29, 1.82) is 0 Å². The van der Waals surface area contributed by atoms with E-state index in [4.69, 9.17) is 25.8 Å². The molecule has 27 heavy (non-hydrogen) atoms. The van der Waals surface area contributed by atoms with Gasteiger partial charge in [-0.2, -0.15) is 0 Å². The molecule has 1 N–H and O–H groups in total. The van der Waals surface area contributed by atoms with Crippen LogP contribution >= 0.6 is 22.9 Å². The highest BCUT2D eigenvalue weighted by atomic mass is 35.5. The summed E-state index contributed by atoms with van der Waals surface area (Å²) in [6, 6.07) is 10.6. The zero-order chi connectivity index (χ0) is 19.4. The topological polar surface area (TPSA) is 69.7 Å². The van der Waals surface area contributed by atoms with E-state index in [-0.39, 0.29) is 5.91 Å². The van der Waals surface area contributed by atoms with E-state index >= 15 is 0 Å². The van der Waals surface area contributed by atoms with Crippen molar-refractivity contribution < 1.29 is 19.0 Å². The number of thiazole rings is 1. The zero-order valence-corrected chi connectivity index (χ0v) is 16.5. The smallest absolute Gasteiger partial charge is 0.257 e. The molecule has 1 aromatic heterocycles. The number of hydrogen-bond acceptors (Lipinski definition) is 6. The van der Waals surface area contributed by atoms with Crippen LogP contribution in [0.15, 0.2) is 41.8 Å². The minimum Gasteiger partial charge on any atom is -0.497 e. The summed E-state index contributed by atoms with van der Waals surface area (Å²) in [6.45, 7) is 0. The maximum atomic E-state index is 12.5. The van der Waals surface area contributed by atoms with E-state index in [1.54, 1.807) is 13.2 Å². The molecule has 2 aromatic carbocycles. The summed E-state index contributed by atoms with van der Waals surface area (Å²) in [6.07, 6.45) is 0. The lowest BCUT2D eigenvalue weighted by molar-refractivity contribution is 0.102. The van der Waals surface area contributed by atoms with Gasteiger partial charge in [0.1, 0.15) is 5.75 Å². The first-order valence-corrected chi connectivity index (χ1v) is 9.14. The Morgan fingerprint density at radius 1 is 1.07 bits per heavy atom. The third kappa shape index (κ3) is 4.15. The molecule has 3 aromatic rings. The number of nitrogens with one attached hydrogen (secondary N) is 1. The molecule has 3 rings (SSSR count). The summed E-state index contributed by atoms with van der Waals surface area (Å²) in [7, 11) is 4.59. The first kappa shape index (κ1) is 19.0. The van der Waals surface area contributed by atoms with Crippen LogP contribution in [-0.2, 0) is 0 Å². The average molecular weight is 405 g/mol. The standard InChI is InChI=1S/C19H17ClN2O4S/c1-24-13-6-4-11(5-7-13)15-10-27-19(21-15)22-18(23)12-8-14(20)17(26-3)16(9-12)25-2/h4-10H,1-3H3,(H,21,22,23). The van der Waals surface area contributed by atoms with Crippen molar-refractivity contribution in [3.8, 4) is 28.5 Å². The summed E-state index contributed by atoms with van der Waals surface area (Å²) in [5.74, 6) is 1.20. The molecule has 8 heteroatoms. The lowest BCUT2D eigenvalue weighted by Crippen LogP contribution is -2.12. The quantitative estimate of drug-likeness (QED) is 0.642. The zero-order valence-electron chi connectivity index (χ0n) is 14.9. The van der Waals surface area contributed by atoms with Gasteiger partial charge in [0.15, 0.2) is 16.6 Å². The van der Waals surface area contributed by atoms with Crippen LogP contribution in [0.25, 0.3) is 11.3 Å².